The molecule has 0 aromatic heterocycles. The molecule has 23 nitrogen and oxygen atoms in total. The van der Waals surface area contributed by atoms with Crippen LogP contribution in [0.4, 0.5) is 0 Å². The Bertz CT molecular complexity index is 1660. The van der Waals surface area contributed by atoms with Crippen molar-refractivity contribution in [3.63, 3.8) is 0 Å². The lowest BCUT2D eigenvalue weighted by molar-refractivity contribution is 0.0639. The van der Waals surface area contributed by atoms with Crippen LogP contribution in [0.5, 0.6) is 0 Å². The van der Waals surface area contributed by atoms with Crippen molar-refractivity contribution >= 4 is 47.7 Å². The first-order valence-corrected chi connectivity index (χ1v) is 28.6. The average Bonchev–Trinajstić information content (AvgIpc) is 3.47. The van der Waals surface area contributed by atoms with Crippen LogP contribution < -0.4 is 0 Å². The lowest BCUT2D eigenvalue weighted by atomic mass is 9.99. The Morgan fingerprint density at radius 3 is 0.733 bits per heavy atom. The van der Waals surface area contributed by atoms with Gasteiger partial charge < -0.3 is 53.7 Å². The molecular formula is C52H102N22O. The van der Waals surface area contributed by atoms with Gasteiger partial charge in [0.15, 0.2) is 41.7 Å². The van der Waals surface area contributed by atoms with Crippen LogP contribution in [0.1, 0.15) is 96.8 Å². The fourth-order valence-electron chi connectivity index (χ4n) is 10.6. The molecule has 0 saturated carbocycles. The summed E-state index contributed by atoms with van der Waals surface area (Å²) in [4.78, 5) is 28.0. The van der Waals surface area contributed by atoms with Crippen molar-refractivity contribution in [3.05, 3.63) is 0 Å². The zero-order valence-corrected chi connectivity index (χ0v) is 47.7. The van der Waals surface area contributed by atoms with Crippen molar-refractivity contribution in [2.24, 2.45) is 5.92 Å². The molecule has 0 bridgehead atoms. The van der Waals surface area contributed by atoms with E-state index in [0.717, 1.165) is 162 Å². The normalized spacial score (nSPS) is 21.2. The van der Waals surface area contributed by atoms with Gasteiger partial charge in [-0.05, 0) is 110 Å². The summed E-state index contributed by atoms with van der Waals surface area (Å²) in [5, 5.41) is 66.0. The van der Waals surface area contributed by atoms with Crippen molar-refractivity contribution in [1.29, 1.82) is 43.3 Å². The second-order valence-electron chi connectivity index (χ2n) is 21.9. The van der Waals surface area contributed by atoms with Crippen LogP contribution in [-0.2, 0) is 4.74 Å². The van der Waals surface area contributed by atoms with Gasteiger partial charge in [0.1, 0.15) is 0 Å². The number of morpholine rings is 1. The SMILES string of the molecule is CC1CCN(C(=N)N(C)C(=N)N2CCCCC2)CC1.CN(C(=N)N1CCCCC1)C(=N)N1CCCCC1.CN(C(=N)N1CCCCC1)C(=N)N1CCOCC1.CN1CCN(C(=N)N(C)C(=N)N2CCN(C)CC2)CC1. The minimum atomic E-state index is 0.411. The first kappa shape index (κ1) is 60.7. The molecule has 0 aliphatic carbocycles. The molecule has 0 radical (unpaired) electrons. The molecule has 8 aliphatic rings. The molecule has 8 saturated heterocycles. The predicted octanol–water partition coefficient (Wildman–Crippen LogP) is 3.65. The van der Waals surface area contributed by atoms with Gasteiger partial charge >= 0.3 is 0 Å². The fraction of sp³-hybridized carbons (Fsp3) is 0.846. The maximum Gasteiger partial charge on any atom is 0.200 e. The van der Waals surface area contributed by atoms with Crippen LogP contribution in [0.15, 0.2) is 0 Å². The topological polar surface area (TPSA) is 245 Å². The Hall–Kier alpha value is -5.16. The standard InChI is InChI=1S/C14H27N5.C13H27N7.C13H25N5.C12H23N5O/c1-12-6-10-19(11-7-12)14(16)17(2)13(15)18-8-4-3-5-9-18;1-16-4-8-19(9-5-16)12(14)18(3)13(15)20-10-6-17(2)7-11-20;1-16(12(14)17-8-4-2-5-9-17)13(15)18-10-6-3-7-11-18;1-15(11(13)16-5-3-2-4-6-16)12(14)17-7-9-18-10-8-17/h12,15-16H,3-11H2,1-2H3;14-15H,4-11H2,1-3H3;14-15H,2-11H2,1H3;13-14H,2-10H2,1H3. The highest BCUT2D eigenvalue weighted by molar-refractivity contribution is 5.97. The lowest BCUT2D eigenvalue weighted by Gasteiger charge is -2.40. The number of likely N-dealkylation sites (N-methyl/N-ethyl adjacent to an activating group) is 2. The largest absolute Gasteiger partial charge is 0.378 e. The van der Waals surface area contributed by atoms with E-state index in [2.05, 4.69) is 65.1 Å². The summed E-state index contributed by atoms with van der Waals surface area (Å²) >= 11 is 0. The summed E-state index contributed by atoms with van der Waals surface area (Å²) in [7, 11) is 11.6. The zero-order chi connectivity index (χ0) is 54.4. The molecule has 8 N–H and O–H groups in total. The van der Waals surface area contributed by atoms with E-state index in [4.69, 9.17) is 48.0 Å². The van der Waals surface area contributed by atoms with Gasteiger partial charge in [-0.3, -0.25) is 62.9 Å². The first-order valence-electron chi connectivity index (χ1n) is 28.6. The van der Waals surface area contributed by atoms with Crippen LogP contribution in [0.3, 0.4) is 0 Å². The third-order valence-electron chi connectivity index (χ3n) is 16.2. The van der Waals surface area contributed by atoms with Gasteiger partial charge in [0.2, 0.25) is 5.96 Å². The van der Waals surface area contributed by atoms with E-state index in [1.165, 1.54) is 64.2 Å². The molecule has 0 unspecified atom stereocenters. The number of likely N-dealkylation sites (tertiary alicyclic amines) is 5. The Morgan fingerprint density at radius 2 is 0.493 bits per heavy atom. The van der Waals surface area contributed by atoms with Crippen LogP contribution in [0.25, 0.3) is 0 Å². The van der Waals surface area contributed by atoms with Crippen LogP contribution >= 0.6 is 0 Å². The van der Waals surface area contributed by atoms with Crippen LogP contribution in [0.2, 0.25) is 0 Å². The maximum absolute atomic E-state index is 8.30. The van der Waals surface area contributed by atoms with Gasteiger partial charge in [-0.15, -0.1) is 0 Å². The minimum Gasteiger partial charge on any atom is -0.378 e. The summed E-state index contributed by atoms with van der Waals surface area (Å²) in [6, 6.07) is 0. The van der Waals surface area contributed by atoms with Crippen molar-refractivity contribution in [2.75, 3.05) is 186 Å². The number of hydrogen-bond donors (Lipinski definition) is 8. The Morgan fingerprint density at radius 1 is 0.293 bits per heavy atom. The Kier molecular flexibility index (Phi) is 25.2. The number of ether oxygens (including phenoxy) is 1. The molecule has 8 fully saturated rings. The highest BCUT2D eigenvalue weighted by atomic mass is 16.5. The van der Waals surface area contributed by atoms with Crippen molar-refractivity contribution < 1.29 is 4.74 Å². The molecular weight excluding hydrogens is 949 g/mol. The van der Waals surface area contributed by atoms with E-state index in [9.17, 15) is 0 Å². The maximum atomic E-state index is 8.30. The first-order chi connectivity index (χ1) is 36.0. The fourth-order valence-corrected chi connectivity index (χ4v) is 10.6. The van der Waals surface area contributed by atoms with Crippen molar-refractivity contribution in [2.45, 2.75) is 96.8 Å². The monoisotopic (exact) mass is 1050 g/mol. The quantitative estimate of drug-likeness (QED) is 0.128. The van der Waals surface area contributed by atoms with Gasteiger partial charge in [0.05, 0.1) is 13.2 Å². The minimum absolute atomic E-state index is 0.411. The van der Waals surface area contributed by atoms with Gasteiger partial charge in [0.25, 0.3) is 0 Å². The highest BCUT2D eigenvalue weighted by Crippen LogP contribution is 2.19. The molecule has 426 valence electrons. The third-order valence-corrected chi connectivity index (χ3v) is 16.2. The molecule has 23 heteroatoms. The number of hydrogen-bond acceptors (Lipinski definition) is 11. The highest BCUT2D eigenvalue weighted by Gasteiger charge is 2.29. The van der Waals surface area contributed by atoms with E-state index < -0.39 is 0 Å². The molecule has 0 aromatic carbocycles. The Labute approximate surface area is 452 Å². The molecule has 0 spiro atoms. The van der Waals surface area contributed by atoms with E-state index in [1.807, 2.05) is 33.1 Å². The molecule has 0 amide bonds. The van der Waals surface area contributed by atoms with E-state index >= 15 is 0 Å². The van der Waals surface area contributed by atoms with Gasteiger partial charge in [-0.2, -0.15) is 0 Å². The summed E-state index contributed by atoms with van der Waals surface area (Å²) in [5.41, 5.74) is 0. The Balaban J connectivity index is 0.000000185. The zero-order valence-electron chi connectivity index (χ0n) is 47.7. The number of piperidine rings is 5. The number of nitrogens with one attached hydrogen (secondary N) is 8. The van der Waals surface area contributed by atoms with Gasteiger partial charge in [-0.1, -0.05) is 6.92 Å². The summed E-state index contributed by atoms with van der Waals surface area (Å²) in [5.74, 6) is 4.49. The van der Waals surface area contributed by atoms with E-state index in [0.29, 0.717) is 60.9 Å². The molecule has 75 heavy (non-hydrogen) atoms. The molecule has 0 aromatic rings. The van der Waals surface area contributed by atoms with Gasteiger partial charge in [-0.25, -0.2) is 0 Å². The van der Waals surface area contributed by atoms with E-state index in [-0.39, 0.29) is 0 Å². The smallest absolute Gasteiger partial charge is 0.200 e. The second-order valence-corrected chi connectivity index (χ2v) is 21.9. The summed E-state index contributed by atoms with van der Waals surface area (Å²) in [6.45, 7) is 22.1. The van der Waals surface area contributed by atoms with Crippen molar-refractivity contribution in [3.8, 4) is 0 Å². The molecule has 8 heterocycles. The van der Waals surface area contributed by atoms with Crippen LogP contribution in [0, 0.1) is 49.2 Å². The third kappa shape index (κ3) is 18.5. The van der Waals surface area contributed by atoms with E-state index in [1.54, 1.807) is 19.6 Å². The lowest BCUT2D eigenvalue weighted by Crippen LogP contribution is -2.57. The molecule has 8 aliphatic heterocycles. The number of rotatable bonds is 0. The van der Waals surface area contributed by atoms with Crippen LogP contribution in [-0.4, -0.2) is 303 Å². The predicted molar refractivity (Wildman–Crippen MR) is 305 cm³/mol. The van der Waals surface area contributed by atoms with Gasteiger partial charge in [0, 0.05) is 159 Å². The molecule has 8 rings (SSSR count). The number of piperazine rings is 2. The van der Waals surface area contributed by atoms with Crippen molar-refractivity contribution in [1.82, 2.24) is 68.6 Å². The number of nitrogens with zero attached hydrogens (tertiary/aromatic N) is 14. The summed E-state index contributed by atoms with van der Waals surface area (Å²) in [6.07, 6.45) is 16.7. The number of guanidine groups is 8. The average molecular weight is 1050 g/mol. The molecule has 0 atom stereocenters. The second kappa shape index (κ2) is 31.2. The summed E-state index contributed by atoms with van der Waals surface area (Å²) < 4.78 is 5.29.